The van der Waals surface area contributed by atoms with E-state index in [4.69, 9.17) is 10.5 Å². The van der Waals surface area contributed by atoms with Crippen molar-refractivity contribution in [2.45, 2.75) is 25.4 Å². The molecule has 0 unspecified atom stereocenters. The predicted molar refractivity (Wildman–Crippen MR) is 97.7 cm³/mol. The molecule has 0 radical (unpaired) electrons. The lowest BCUT2D eigenvalue weighted by Crippen LogP contribution is -2.41. The molecule has 25 heavy (non-hydrogen) atoms. The molecule has 138 valence electrons. The van der Waals surface area contributed by atoms with E-state index in [1.807, 2.05) is 4.90 Å². The molecule has 0 atom stereocenters. The van der Waals surface area contributed by atoms with Gasteiger partial charge in [-0.15, -0.1) is 0 Å². The van der Waals surface area contributed by atoms with Gasteiger partial charge in [-0.2, -0.15) is 0 Å². The number of urea groups is 1. The zero-order valence-corrected chi connectivity index (χ0v) is 15.0. The van der Waals surface area contributed by atoms with Gasteiger partial charge < -0.3 is 25.6 Å². The van der Waals surface area contributed by atoms with Gasteiger partial charge in [0.05, 0.1) is 6.10 Å². The molecule has 1 aromatic rings. The fourth-order valence-electron chi connectivity index (χ4n) is 2.71. The number of anilines is 1. The summed E-state index contributed by atoms with van der Waals surface area (Å²) in [5.41, 5.74) is 6.67. The smallest absolute Gasteiger partial charge is 0.321 e. The number of nitrogens with one attached hydrogen (secondary N) is 1. The molecular weight excluding hydrogens is 320 g/mol. The number of benzene rings is 1. The summed E-state index contributed by atoms with van der Waals surface area (Å²) < 4.78 is 5.77. The van der Waals surface area contributed by atoms with Gasteiger partial charge in [0, 0.05) is 45.0 Å². The highest BCUT2D eigenvalue weighted by Crippen LogP contribution is 2.18. The molecule has 1 saturated heterocycles. The van der Waals surface area contributed by atoms with E-state index in [9.17, 15) is 9.59 Å². The summed E-state index contributed by atoms with van der Waals surface area (Å²) in [5.74, 6) is -0.0126. The molecule has 1 aliphatic heterocycles. The van der Waals surface area contributed by atoms with Crippen molar-refractivity contribution in [3.63, 3.8) is 0 Å². The van der Waals surface area contributed by atoms with Crippen LogP contribution in [0.5, 0.6) is 0 Å². The van der Waals surface area contributed by atoms with Crippen LogP contribution in [0, 0.1) is 0 Å². The number of hydrogen-bond acceptors (Lipinski definition) is 4. The predicted octanol–water partition coefficient (Wildman–Crippen LogP) is 1.75. The van der Waals surface area contributed by atoms with Gasteiger partial charge in [0.15, 0.2) is 0 Å². The molecule has 1 heterocycles. The Balaban J connectivity index is 1.90. The largest absolute Gasteiger partial charge is 0.378 e. The number of likely N-dealkylation sites (tertiary alicyclic amines) is 1. The summed E-state index contributed by atoms with van der Waals surface area (Å²) in [6.45, 7) is 2.68. The highest BCUT2D eigenvalue weighted by atomic mass is 16.5. The molecule has 0 aliphatic carbocycles. The first-order chi connectivity index (χ1) is 12.0. The van der Waals surface area contributed by atoms with Crippen LogP contribution in [-0.2, 0) is 4.74 Å². The highest BCUT2D eigenvalue weighted by Gasteiger charge is 2.24. The highest BCUT2D eigenvalue weighted by molar-refractivity contribution is 5.96. The molecular formula is C18H28N4O3. The monoisotopic (exact) mass is 348 g/mol. The maximum atomic E-state index is 12.7. The number of piperidine rings is 1. The summed E-state index contributed by atoms with van der Waals surface area (Å²) in [6.07, 6.45) is 2.76. The minimum absolute atomic E-state index is 0.0126. The molecule has 1 fully saturated rings. The Labute approximate surface area is 149 Å². The van der Waals surface area contributed by atoms with Crippen LogP contribution in [-0.4, -0.2) is 68.2 Å². The molecule has 3 amide bonds. The second kappa shape index (κ2) is 9.39. The van der Waals surface area contributed by atoms with Crippen molar-refractivity contribution in [2.75, 3.05) is 45.7 Å². The molecule has 0 bridgehead atoms. The third kappa shape index (κ3) is 5.72. The summed E-state index contributed by atoms with van der Waals surface area (Å²) in [5, 5.41) is 2.76. The normalized spacial score (nSPS) is 15.1. The van der Waals surface area contributed by atoms with Gasteiger partial charge in [-0.25, -0.2) is 4.79 Å². The van der Waals surface area contributed by atoms with Crippen molar-refractivity contribution in [2.24, 2.45) is 5.73 Å². The van der Waals surface area contributed by atoms with Gasteiger partial charge in [0.25, 0.3) is 5.91 Å². The van der Waals surface area contributed by atoms with Crippen molar-refractivity contribution in [3.05, 3.63) is 29.8 Å². The van der Waals surface area contributed by atoms with Crippen LogP contribution < -0.4 is 11.1 Å². The zero-order valence-electron chi connectivity index (χ0n) is 15.0. The Kier molecular flexibility index (Phi) is 7.21. The number of carbonyl (C=O) groups excluding carboxylic acids is 2. The standard InChI is InChI=1S/C18H28N4O3/c1-21(2)18(24)20-15-6-3-5-14(13-15)17(23)22-10-7-16(8-11-22)25-12-4-9-19/h3,5-6,13,16H,4,7-12,19H2,1-2H3,(H,20,24). The van der Waals surface area contributed by atoms with Crippen LogP contribution in [0.4, 0.5) is 10.5 Å². The van der Waals surface area contributed by atoms with Gasteiger partial charge in [-0.3, -0.25) is 4.79 Å². The van der Waals surface area contributed by atoms with Gasteiger partial charge >= 0.3 is 6.03 Å². The third-order valence-electron chi connectivity index (χ3n) is 4.20. The molecule has 0 spiro atoms. The van der Waals surface area contributed by atoms with Gasteiger partial charge in [-0.1, -0.05) is 6.07 Å². The number of carbonyl (C=O) groups is 2. The van der Waals surface area contributed by atoms with E-state index in [2.05, 4.69) is 5.32 Å². The zero-order chi connectivity index (χ0) is 18.2. The van der Waals surface area contributed by atoms with Crippen LogP contribution in [0.2, 0.25) is 0 Å². The fourth-order valence-corrected chi connectivity index (χ4v) is 2.71. The average Bonchev–Trinajstić information content (AvgIpc) is 2.62. The van der Waals surface area contributed by atoms with Gasteiger partial charge in [-0.05, 0) is 44.0 Å². The molecule has 0 saturated carbocycles. The number of hydrogen-bond donors (Lipinski definition) is 2. The Bertz CT molecular complexity index is 583. The fraction of sp³-hybridized carbons (Fsp3) is 0.556. The topological polar surface area (TPSA) is 87.9 Å². The first-order valence-electron chi connectivity index (χ1n) is 8.70. The van der Waals surface area contributed by atoms with Crippen molar-refractivity contribution in [1.29, 1.82) is 0 Å². The molecule has 2 rings (SSSR count). The summed E-state index contributed by atoms with van der Waals surface area (Å²) in [7, 11) is 3.34. The van der Waals surface area contributed by atoms with Crippen LogP contribution in [0.25, 0.3) is 0 Å². The third-order valence-corrected chi connectivity index (χ3v) is 4.20. The van der Waals surface area contributed by atoms with E-state index in [1.54, 1.807) is 38.4 Å². The van der Waals surface area contributed by atoms with Crippen LogP contribution in [0.1, 0.15) is 29.6 Å². The van der Waals surface area contributed by atoms with Crippen molar-refractivity contribution >= 4 is 17.6 Å². The molecule has 1 aliphatic rings. The van der Waals surface area contributed by atoms with Gasteiger partial charge in [0.1, 0.15) is 0 Å². The summed E-state index contributed by atoms with van der Waals surface area (Å²) >= 11 is 0. The van der Waals surface area contributed by atoms with E-state index in [0.29, 0.717) is 37.5 Å². The average molecular weight is 348 g/mol. The summed E-state index contributed by atoms with van der Waals surface area (Å²) in [6, 6.07) is 6.82. The lowest BCUT2D eigenvalue weighted by Gasteiger charge is -2.32. The Hall–Kier alpha value is -2.12. The van der Waals surface area contributed by atoms with E-state index < -0.39 is 0 Å². The van der Waals surface area contributed by atoms with E-state index in [1.165, 1.54) is 4.90 Å². The number of amides is 3. The van der Waals surface area contributed by atoms with E-state index >= 15 is 0 Å². The molecule has 0 aromatic heterocycles. The maximum absolute atomic E-state index is 12.7. The van der Waals surface area contributed by atoms with E-state index in [-0.39, 0.29) is 18.0 Å². The number of ether oxygens (including phenoxy) is 1. The number of nitrogens with two attached hydrogens (primary N) is 1. The van der Waals surface area contributed by atoms with Crippen molar-refractivity contribution < 1.29 is 14.3 Å². The van der Waals surface area contributed by atoms with E-state index in [0.717, 1.165) is 19.3 Å². The lowest BCUT2D eigenvalue weighted by atomic mass is 10.1. The van der Waals surface area contributed by atoms with Crippen LogP contribution in [0.3, 0.4) is 0 Å². The Morgan fingerprint density at radius 2 is 2.04 bits per heavy atom. The number of rotatable bonds is 6. The molecule has 1 aromatic carbocycles. The first kappa shape index (κ1) is 19.2. The minimum atomic E-state index is -0.222. The Morgan fingerprint density at radius 1 is 1.32 bits per heavy atom. The molecule has 7 nitrogen and oxygen atoms in total. The SMILES string of the molecule is CN(C)C(=O)Nc1cccc(C(=O)N2CCC(OCCCN)CC2)c1. The van der Waals surface area contributed by atoms with Crippen LogP contribution >= 0.6 is 0 Å². The maximum Gasteiger partial charge on any atom is 0.321 e. The summed E-state index contributed by atoms with van der Waals surface area (Å²) in [4.78, 5) is 27.7. The quantitative estimate of drug-likeness (QED) is 0.767. The Morgan fingerprint density at radius 3 is 2.68 bits per heavy atom. The molecule has 7 heteroatoms. The second-order valence-electron chi connectivity index (χ2n) is 6.41. The van der Waals surface area contributed by atoms with Crippen LogP contribution in [0.15, 0.2) is 24.3 Å². The second-order valence-corrected chi connectivity index (χ2v) is 6.41. The first-order valence-corrected chi connectivity index (χ1v) is 8.70. The lowest BCUT2D eigenvalue weighted by molar-refractivity contribution is 0.00844. The minimum Gasteiger partial charge on any atom is -0.378 e. The number of nitrogens with zero attached hydrogens (tertiary/aromatic N) is 2. The van der Waals surface area contributed by atoms with Gasteiger partial charge in [0.2, 0.25) is 0 Å². The van der Waals surface area contributed by atoms with Crippen molar-refractivity contribution in [3.8, 4) is 0 Å². The molecule has 3 N–H and O–H groups in total. The van der Waals surface area contributed by atoms with Crippen molar-refractivity contribution in [1.82, 2.24) is 9.80 Å².